The van der Waals surface area contributed by atoms with Crippen LogP contribution in [0, 0.1) is 0 Å². The van der Waals surface area contributed by atoms with Crippen molar-refractivity contribution in [3.63, 3.8) is 0 Å². The number of fused-ring (bicyclic) bond motifs is 1. The van der Waals surface area contributed by atoms with Crippen molar-refractivity contribution in [1.82, 2.24) is 9.55 Å². The molecule has 2 N–H and O–H groups in total. The SMILES string of the molecule is CCOC(=O)Cn1c(CCN)nc2ccccc21. The predicted octanol–water partition coefficient (Wildman–Crippen LogP) is 1.10. The average molecular weight is 247 g/mol. The van der Waals surface area contributed by atoms with Crippen LogP contribution in [0.25, 0.3) is 11.0 Å². The molecule has 0 aliphatic heterocycles. The van der Waals surface area contributed by atoms with E-state index in [1.165, 1.54) is 0 Å². The van der Waals surface area contributed by atoms with Crippen molar-refractivity contribution in [2.75, 3.05) is 13.2 Å². The second-order valence-corrected chi connectivity index (χ2v) is 3.95. The van der Waals surface area contributed by atoms with Gasteiger partial charge in [-0.1, -0.05) is 12.1 Å². The first-order chi connectivity index (χ1) is 8.76. The molecule has 1 aromatic heterocycles. The molecule has 0 saturated carbocycles. The minimum atomic E-state index is -0.251. The molecule has 0 amide bonds. The maximum Gasteiger partial charge on any atom is 0.326 e. The van der Waals surface area contributed by atoms with Crippen molar-refractivity contribution in [3.05, 3.63) is 30.1 Å². The van der Waals surface area contributed by atoms with Crippen LogP contribution < -0.4 is 5.73 Å². The summed E-state index contributed by atoms with van der Waals surface area (Å²) < 4.78 is 6.85. The smallest absolute Gasteiger partial charge is 0.326 e. The Hall–Kier alpha value is -1.88. The third-order valence-corrected chi connectivity index (χ3v) is 2.69. The van der Waals surface area contributed by atoms with Gasteiger partial charge >= 0.3 is 5.97 Å². The molecular formula is C13H17N3O2. The zero-order valence-corrected chi connectivity index (χ0v) is 10.4. The molecule has 0 saturated heterocycles. The Labute approximate surface area is 106 Å². The van der Waals surface area contributed by atoms with E-state index in [2.05, 4.69) is 4.98 Å². The van der Waals surface area contributed by atoms with Gasteiger partial charge in [-0.15, -0.1) is 0 Å². The maximum absolute atomic E-state index is 11.6. The molecule has 1 heterocycles. The van der Waals surface area contributed by atoms with Gasteiger partial charge in [0.1, 0.15) is 12.4 Å². The third kappa shape index (κ3) is 2.51. The zero-order chi connectivity index (χ0) is 13.0. The summed E-state index contributed by atoms with van der Waals surface area (Å²) in [7, 11) is 0. The lowest BCUT2D eigenvalue weighted by atomic mass is 10.3. The molecule has 0 unspecified atom stereocenters. The molecule has 0 spiro atoms. The maximum atomic E-state index is 11.6. The normalized spacial score (nSPS) is 10.8. The number of aromatic nitrogens is 2. The van der Waals surface area contributed by atoms with E-state index in [4.69, 9.17) is 10.5 Å². The van der Waals surface area contributed by atoms with Gasteiger partial charge < -0.3 is 15.0 Å². The van der Waals surface area contributed by atoms with Crippen LogP contribution in [0.5, 0.6) is 0 Å². The highest BCUT2D eigenvalue weighted by Gasteiger charge is 2.13. The van der Waals surface area contributed by atoms with Crippen LogP contribution in [-0.2, 0) is 22.5 Å². The highest BCUT2D eigenvalue weighted by atomic mass is 16.5. The number of para-hydroxylation sites is 2. The Morgan fingerprint density at radius 2 is 2.22 bits per heavy atom. The zero-order valence-electron chi connectivity index (χ0n) is 10.4. The molecule has 18 heavy (non-hydrogen) atoms. The largest absolute Gasteiger partial charge is 0.465 e. The Morgan fingerprint density at radius 1 is 1.44 bits per heavy atom. The van der Waals surface area contributed by atoms with E-state index in [-0.39, 0.29) is 12.5 Å². The van der Waals surface area contributed by atoms with E-state index in [9.17, 15) is 4.79 Å². The van der Waals surface area contributed by atoms with E-state index in [0.717, 1.165) is 16.9 Å². The first-order valence-electron chi connectivity index (χ1n) is 6.06. The van der Waals surface area contributed by atoms with Gasteiger partial charge in [-0.3, -0.25) is 4.79 Å². The molecule has 0 aliphatic carbocycles. The fraction of sp³-hybridized carbons (Fsp3) is 0.385. The van der Waals surface area contributed by atoms with Gasteiger partial charge in [0.25, 0.3) is 0 Å². The number of nitrogens with zero attached hydrogens (tertiary/aromatic N) is 2. The van der Waals surface area contributed by atoms with Crippen molar-refractivity contribution in [3.8, 4) is 0 Å². The van der Waals surface area contributed by atoms with Crippen LogP contribution in [-0.4, -0.2) is 28.7 Å². The van der Waals surface area contributed by atoms with Crippen LogP contribution >= 0.6 is 0 Å². The number of hydrogen-bond acceptors (Lipinski definition) is 4. The van der Waals surface area contributed by atoms with E-state index in [0.29, 0.717) is 19.6 Å². The summed E-state index contributed by atoms with van der Waals surface area (Å²) in [5.41, 5.74) is 7.39. The Kier molecular flexibility index (Phi) is 3.94. The molecule has 1 aromatic carbocycles. The summed E-state index contributed by atoms with van der Waals surface area (Å²) in [6.45, 7) is 2.87. The molecular weight excluding hydrogens is 230 g/mol. The molecule has 96 valence electrons. The monoisotopic (exact) mass is 247 g/mol. The van der Waals surface area contributed by atoms with E-state index in [1.54, 1.807) is 6.92 Å². The Bertz CT molecular complexity index is 548. The summed E-state index contributed by atoms with van der Waals surface area (Å²) in [6, 6.07) is 7.73. The van der Waals surface area contributed by atoms with Crippen LogP contribution in [0.4, 0.5) is 0 Å². The first-order valence-corrected chi connectivity index (χ1v) is 6.06. The van der Waals surface area contributed by atoms with E-state index >= 15 is 0 Å². The number of carbonyl (C=O) groups is 1. The van der Waals surface area contributed by atoms with Crippen molar-refractivity contribution < 1.29 is 9.53 Å². The van der Waals surface area contributed by atoms with Crippen LogP contribution in [0.3, 0.4) is 0 Å². The Balaban J connectivity index is 2.38. The number of benzene rings is 1. The molecule has 0 atom stereocenters. The standard InChI is InChI=1S/C13H17N3O2/c1-2-18-13(17)9-16-11-6-4-3-5-10(11)15-12(16)7-8-14/h3-6H,2,7-9,14H2,1H3. The lowest BCUT2D eigenvalue weighted by Crippen LogP contribution is -2.17. The fourth-order valence-electron chi connectivity index (χ4n) is 1.96. The van der Waals surface area contributed by atoms with Gasteiger partial charge in [0.2, 0.25) is 0 Å². The molecule has 2 rings (SSSR count). The lowest BCUT2D eigenvalue weighted by Gasteiger charge is -2.07. The van der Waals surface area contributed by atoms with Gasteiger partial charge in [0.15, 0.2) is 0 Å². The van der Waals surface area contributed by atoms with E-state index in [1.807, 2.05) is 28.8 Å². The molecule has 5 heteroatoms. The number of ether oxygens (including phenoxy) is 1. The minimum absolute atomic E-state index is 0.184. The van der Waals surface area contributed by atoms with Gasteiger partial charge in [0, 0.05) is 6.42 Å². The fourth-order valence-corrected chi connectivity index (χ4v) is 1.96. The van der Waals surface area contributed by atoms with Crippen molar-refractivity contribution in [2.45, 2.75) is 19.9 Å². The number of nitrogens with two attached hydrogens (primary N) is 1. The number of imidazole rings is 1. The Morgan fingerprint density at radius 3 is 2.94 bits per heavy atom. The highest BCUT2D eigenvalue weighted by molar-refractivity contribution is 5.78. The third-order valence-electron chi connectivity index (χ3n) is 2.69. The van der Waals surface area contributed by atoms with Crippen molar-refractivity contribution in [2.24, 2.45) is 5.73 Å². The lowest BCUT2D eigenvalue weighted by molar-refractivity contribution is -0.143. The first kappa shape index (κ1) is 12.6. The number of rotatable bonds is 5. The van der Waals surface area contributed by atoms with Gasteiger partial charge in [-0.2, -0.15) is 0 Å². The average Bonchev–Trinajstić information content (AvgIpc) is 2.69. The second-order valence-electron chi connectivity index (χ2n) is 3.95. The molecule has 0 fully saturated rings. The van der Waals surface area contributed by atoms with Crippen molar-refractivity contribution >= 4 is 17.0 Å². The summed E-state index contributed by atoms with van der Waals surface area (Å²) in [5, 5.41) is 0. The molecule has 0 bridgehead atoms. The molecule has 0 aliphatic rings. The summed E-state index contributed by atoms with van der Waals surface area (Å²) >= 11 is 0. The quantitative estimate of drug-likeness (QED) is 0.803. The summed E-state index contributed by atoms with van der Waals surface area (Å²) in [4.78, 5) is 16.1. The number of hydrogen-bond donors (Lipinski definition) is 1. The minimum Gasteiger partial charge on any atom is -0.465 e. The predicted molar refractivity (Wildman–Crippen MR) is 69.1 cm³/mol. The number of carbonyl (C=O) groups excluding carboxylic acids is 1. The van der Waals surface area contributed by atoms with Crippen LogP contribution in [0.1, 0.15) is 12.7 Å². The van der Waals surface area contributed by atoms with Crippen LogP contribution in [0.2, 0.25) is 0 Å². The molecule has 0 radical (unpaired) electrons. The summed E-state index contributed by atoms with van der Waals surface area (Å²) in [6.07, 6.45) is 0.647. The van der Waals surface area contributed by atoms with Gasteiger partial charge in [-0.05, 0) is 25.6 Å². The van der Waals surface area contributed by atoms with Crippen molar-refractivity contribution in [1.29, 1.82) is 0 Å². The highest BCUT2D eigenvalue weighted by Crippen LogP contribution is 2.16. The molecule has 5 nitrogen and oxygen atoms in total. The van der Waals surface area contributed by atoms with E-state index < -0.39 is 0 Å². The van der Waals surface area contributed by atoms with Crippen LogP contribution in [0.15, 0.2) is 24.3 Å². The molecule has 2 aromatic rings. The number of esters is 1. The van der Waals surface area contributed by atoms with Gasteiger partial charge in [0.05, 0.1) is 17.6 Å². The topological polar surface area (TPSA) is 70.1 Å². The summed E-state index contributed by atoms with van der Waals surface area (Å²) in [5.74, 6) is 0.575. The second kappa shape index (κ2) is 5.64. The van der Waals surface area contributed by atoms with Gasteiger partial charge in [-0.25, -0.2) is 4.98 Å².